The molecule has 0 aliphatic carbocycles. The fourth-order valence-corrected chi connectivity index (χ4v) is 3.69. The van der Waals surface area contributed by atoms with Gasteiger partial charge in [-0.15, -0.1) is 0 Å². The minimum Gasteiger partial charge on any atom is -0.456 e. The van der Waals surface area contributed by atoms with Crippen LogP contribution in [0.4, 0.5) is 0 Å². The molecule has 0 aliphatic heterocycles. The van der Waals surface area contributed by atoms with E-state index in [0.717, 1.165) is 44.2 Å². The van der Waals surface area contributed by atoms with Crippen LogP contribution in [0.5, 0.6) is 0 Å². The average molecular weight is 389 g/mol. The maximum atomic E-state index is 8.28. The highest BCUT2D eigenvalue weighted by Gasteiger charge is 2.14. The number of rotatable bonds is 3. The van der Waals surface area contributed by atoms with E-state index in [1.807, 2.05) is 72.8 Å². The van der Waals surface area contributed by atoms with E-state index in [2.05, 4.69) is 29.3 Å². The summed E-state index contributed by atoms with van der Waals surface area (Å²) < 4.78 is 6.13. The summed E-state index contributed by atoms with van der Waals surface area (Å²) in [5.41, 5.74) is 11.6. The molecular weight excluding hydrogens is 370 g/mol. The van der Waals surface area contributed by atoms with E-state index in [1.165, 1.54) is 0 Å². The first kappa shape index (κ1) is 17.9. The first-order valence-electron chi connectivity index (χ1n) is 9.70. The fourth-order valence-electron chi connectivity index (χ4n) is 3.69. The first-order valence-corrected chi connectivity index (χ1v) is 9.70. The summed E-state index contributed by atoms with van der Waals surface area (Å²) in [5.74, 6) is 0.425. The highest BCUT2D eigenvalue weighted by Crippen LogP contribution is 2.34. The molecule has 144 valence electrons. The number of nitrogens with one attached hydrogen (secondary N) is 1. The summed E-state index contributed by atoms with van der Waals surface area (Å²) in [4.78, 5) is 4.36. The Bertz CT molecular complexity index is 1400. The lowest BCUT2D eigenvalue weighted by molar-refractivity contribution is 0.669. The van der Waals surface area contributed by atoms with Crippen LogP contribution in [0.1, 0.15) is 11.1 Å². The topological polar surface area (TPSA) is 75.4 Å². The number of nitrogens with two attached hydrogens (primary N) is 1. The highest BCUT2D eigenvalue weighted by molar-refractivity contribution is 6.20. The van der Waals surface area contributed by atoms with Gasteiger partial charge in [-0.1, -0.05) is 78.9 Å². The van der Waals surface area contributed by atoms with Gasteiger partial charge >= 0.3 is 0 Å². The van der Waals surface area contributed by atoms with Crippen LogP contribution >= 0.6 is 0 Å². The molecule has 4 nitrogen and oxygen atoms in total. The maximum absolute atomic E-state index is 8.28. The Kier molecular flexibility index (Phi) is 4.37. The van der Waals surface area contributed by atoms with Crippen LogP contribution in [0.2, 0.25) is 0 Å². The monoisotopic (exact) mass is 389 g/mol. The highest BCUT2D eigenvalue weighted by atomic mass is 16.3. The molecule has 0 saturated carbocycles. The van der Waals surface area contributed by atoms with E-state index >= 15 is 0 Å². The molecule has 1 aromatic heterocycles. The fraction of sp³-hybridized carbons (Fsp3) is 0. The standard InChI is InChI=1S/C26H19N3O/c27-25(18-10-5-2-6-11-18)29-26(28)21-12-7-13-22-24(21)20-15-14-19(16-23(20)30-22)17-8-3-1-4-9-17/h1-16H,(H3,27,28,29). The van der Waals surface area contributed by atoms with E-state index in [-0.39, 0.29) is 5.84 Å². The summed E-state index contributed by atoms with van der Waals surface area (Å²) in [6, 6.07) is 31.5. The van der Waals surface area contributed by atoms with Crippen LogP contribution in [0, 0.1) is 5.41 Å². The van der Waals surface area contributed by atoms with Gasteiger partial charge in [-0.05, 0) is 29.3 Å². The summed E-state index contributed by atoms with van der Waals surface area (Å²) in [6.45, 7) is 0. The summed E-state index contributed by atoms with van der Waals surface area (Å²) in [6.07, 6.45) is 0. The Labute approximate surface area is 173 Å². The van der Waals surface area contributed by atoms with Gasteiger partial charge in [0, 0.05) is 21.9 Å². The third kappa shape index (κ3) is 3.14. The minimum absolute atomic E-state index is 0.129. The van der Waals surface area contributed by atoms with Crippen LogP contribution in [-0.2, 0) is 0 Å². The Morgan fingerprint density at radius 3 is 2.23 bits per heavy atom. The molecule has 30 heavy (non-hydrogen) atoms. The van der Waals surface area contributed by atoms with Crippen molar-refractivity contribution in [1.29, 1.82) is 5.41 Å². The van der Waals surface area contributed by atoms with E-state index in [4.69, 9.17) is 15.6 Å². The molecule has 0 amide bonds. The number of furan rings is 1. The quantitative estimate of drug-likeness (QED) is 0.294. The summed E-state index contributed by atoms with van der Waals surface area (Å²) in [7, 11) is 0. The number of benzene rings is 4. The summed E-state index contributed by atoms with van der Waals surface area (Å²) in [5, 5.41) is 10.2. The van der Waals surface area contributed by atoms with Crippen LogP contribution in [0.25, 0.3) is 33.1 Å². The Morgan fingerprint density at radius 2 is 1.47 bits per heavy atom. The molecule has 0 saturated heterocycles. The minimum atomic E-state index is 0.129. The van der Waals surface area contributed by atoms with E-state index in [9.17, 15) is 0 Å². The zero-order valence-corrected chi connectivity index (χ0v) is 16.2. The van der Waals surface area contributed by atoms with Crippen molar-refractivity contribution in [3.05, 3.63) is 108 Å². The molecule has 0 radical (unpaired) electrons. The lowest BCUT2D eigenvalue weighted by atomic mass is 10.0. The molecule has 0 aliphatic rings. The molecule has 3 N–H and O–H groups in total. The lowest BCUT2D eigenvalue weighted by Crippen LogP contribution is -2.16. The number of hydrogen-bond acceptors (Lipinski definition) is 2. The van der Waals surface area contributed by atoms with Crippen molar-refractivity contribution in [2.45, 2.75) is 0 Å². The number of aliphatic imine (C=N–C) groups is 1. The second kappa shape index (κ2) is 7.33. The molecule has 0 fully saturated rings. The van der Waals surface area contributed by atoms with Crippen molar-refractivity contribution in [2.75, 3.05) is 0 Å². The largest absolute Gasteiger partial charge is 0.456 e. The van der Waals surface area contributed by atoms with Crippen LogP contribution in [0.3, 0.4) is 0 Å². The lowest BCUT2D eigenvalue weighted by Gasteiger charge is -2.05. The van der Waals surface area contributed by atoms with Gasteiger partial charge in [0.2, 0.25) is 0 Å². The van der Waals surface area contributed by atoms with Crippen LogP contribution in [-0.4, -0.2) is 11.7 Å². The van der Waals surface area contributed by atoms with Gasteiger partial charge in [-0.2, -0.15) is 0 Å². The van der Waals surface area contributed by atoms with Gasteiger partial charge in [0.05, 0.1) is 0 Å². The predicted molar refractivity (Wildman–Crippen MR) is 123 cm³/mol. The molecular formula is C26H19N3O. The van der Waals surface area contributed by atoms with Crippen molar-refractivity contribution in [1.82, 2.24) is 0 Å². The molecule has 0 spiro atoms. The zero-order chi connectivity index (χ0) is 20.5. The molecule has 4 aromatic carbocycles. The average Bonchev–Trinajstić information content (AvgIpc) is 3.18. The first-order chi connectivity index (χ1) is 14.7. The van der Waals surface area contributed by atoms with Gasteiger partial charge in [0.1, 0.15) is 17.0 Å². The SMILES string of the molecule is N=C(/N=C(\N)c1cccc2oc3cc(-c4ccccc4)ccc3c12)c1ccccc1. The number of nitrogens with zero attached hydrogens (tertiary/aromatic N) is 1. The molecule has 0 bridgehead atoms. The zero-order valence-electron chi connectivity index (χ0n) is 16.2. The van der Waals surface area contributed by atoms with Crippen molar-refractivity contribution < 1.29 is 4.42 Å². The molecule has 5 rings (SSSR count). The van der Waals surface area contributed by atoms with Gasteiger partial charge in [0.25, 0.3) is 0 Å². The van der Waals surface area contributed by atoms with Crippen molar-refractivity contribution in [3.63, 3.8) is 0 Å². The second-order valence-electron chi connectivity index (χ2n) is 7.07. The van der Waals surface area contributed by atoms with Gasteiger partial charge in [-0.25, -0.2) is 4.99 Å². The molecule has 0 atom stereocenters. The third-order valence-corrected chi connectivity index (χ3v) is 5.16. The number of amidine groups is 2. The van der Waals surface area contributed by atoms with E-state index in [0.29, 0.717) is 5.84 Å². The normalized spacial score (nSPS) is 11.8. The van der Waals surface area contributed by atoms with Crippen LogP contribution in [0.15, 0.2) is 106 Å². The smallest absolute Gasteiger partial charge is 0.154 e. The number of hydrogen-bond donors (Lipinski definition) is 2. The van der Waals surface area contributed by atoms with Crippen molar-refractivity contribution in [3.8, 4) is 11.1 Å². The Balaban J connectivity index is 1.62. The van der Waals surface area contributed by atoms with Crippen molar-refractivity contribution >= 4 is 33.6 Å². The summed E-state index contributed by atoms with van der Waals surface area (Å²) >= 11 is 0. The number of fused-ring (bicyclic) bond motifs is 3. The molecule has 5 aromatic rings. The van der Waals surface area contributed by atoms with Gasteiger partial charge < -0.3 is 10.2 Å². The van der Waals surface area contributed by atoms with E-state index < -0.39 is 0 Å². The Morgan fingerprint density at radius 1 is 0.733 bits per heavy atom. The maximum Gasteiger partial charge on any atom is 0.154 e. The molecule has 1 heterocycles. The van der Waals surface area contributed by atoms with Gasteiger partial charge in [0.15, 0.2) is 5.84 Å². The van der Waals surface area contributed by atoms with E-state index in [1.54, 1.807) is 0 Å². The third-order valence-electron chi connectivity index (χ3n) is 5.16. The van der Waals surface area contributed by atoms with Gasteiger partial charge in [-0.3, -0.25) is 5.41 Å². The second-order valence-corrected chi connectivity index (χ2v) is 7.07. The Hall–Kier alpha value is -4.18. The van der Waals surface area contributed by atoms with Crippen molar-refractivity contribution in [2.24, 2.45) is 10.7 Å². The predicted octanol–water partition coefficient (Wildman–Crippen LogP) is 5.98. The van der Waals surface area contributed by atoms with Crippen LogP contribution < -0.4 is 5.73 Å². The molecule has 4 heteroatoms. The molecule has 0 unspecified atom stereocenters.